The third-order valence-electron chi connectivity index (χ3n) is 5.20. The van der Waals surface area contributed by atoms with Crippen molar-refractivity contribution in [3.8, 4) is 0 Å². The second-order valence-corrected chi connectivity index (χ2v) is 6.53. The van der Waals surface area contributed by atoms with Gasteiger partial charge in [-0.1, -0.05) is 6.07 Å². The summed E-state index contributed by atoms with van der Waals surface area (Å²) in [5, 5.41) is 0. The Morgan fingerprint density at radius 1 is 1.19 bits per heavy atom. The molecule has 0 N–H and O–H groups in total. The third-order valence-corrected chi connectivity index (χ3v) is 5.20. The highest BCUT2D eigenvalue weighted by Gasteiger charge is 2.34. The average Bonchev–Trinajstić information content (AvgIpc) is 2.80. The molecule has 0 bridgehead atoms. The van der Waals surface area contributed by atoms with Crippen molar-refractivity contribution in [2.24, 2.45) is 5.92 Å². The number of rotatable bonds is 3. The van der Waals surface area contributed by atoms with E-state index in [1.165, 1.54) is 34.9 Å². The van der Waals surface area contributed by atoms with Crippen LogP contribution in [0.4, 0.5) is 0 Å². The van der Waals surface area contributed by atoms with Crippen molar-refractivity contribution in [1.29, 1.82) is 0 Å². The van der Waals surface area contributed by atoms with Crippen LogP contribution in [0.5, 0.6) is 0 Å². The van der Waals surface area contributed by atoms with E-state index >= 15 is 0 Å². The Labute approximate surface area is 128 Å². The van der Waals surface area contributed by atoms with Crippen LogP contribution in [0.1, 0.15) is 40.2 Å². The van der Waals surface area contributed by atoms with E-state index in [0.29, 0.717) is 18.3 Å². The van der Waals surface area contributed by atoms with E-state index in [4.69, 9.17) is 4.74 Å². The molecule has 1 aromatic rings. The number of likely N-dealkylation sites (N-methyl/N-ethyl adjacent to an activating group) is 1. The SMILES string of the molecule is COC(=O)CC1CN(C)CC1c1cc(C)c(C)c(C)c1C. The third kappa shape index (κ3) is 3.13. The fourth-order valence-electron chi connectivity index (χ4n) is 3.57. The van der Waals surface area contributed by atoms with Crippen molar-refractivity contribution in [2.75, 3.05) is 27.2 Å². The van der Waals surface area contributed by atoms with E-state index < -0.39 is 0 Å². The van der Waals surface area contributed by atoms with Crippen molar-refractivity contribution < 1.29 is 9.53 Å². The molecule has 2 unspecified atom stereocenters. The lowest BCUT2D eigenvalue weighted by atomic mass is 9.81. The Balaban J connectivity index is 2.37. The molecule has 0 amide bonds. The standard InChI is InChI=1S/C18H27NO2/c1-11-7-16(14(4)13(3)12(11)2)17-10-19(5)9-15(17)8-18(20)21-6/h7,15,17H,8-10H2,1-6H3. The molecule has 0 aromatic heterocycles. The number of hydrogen-bond acceptors (Lipinski definition) is 3. The first kappa shape index (κ1) is 16.0. The largest absolute Gasteiger partial charge is 0.469 e. The van der Waals surface area contributed by atoms with E-state index in [0.717, 1.165) is 13.1 Å². The fraction of sp³-hybridized carbons (Fsp3) is 0.611. The summed E-state index contributed by atoms with van der Waals surface area (Å²) < 4.78 is 4.87. The Bertz CT molecular complexity index is 551. The summed E-state index contributed by atoms with van der Waals surface area (Å²) in [4.78, 5) is 14.0. The van der Waals surface area contributed by atoms with Crippen LogP contribution in [-0.2, 0) is 9.53 Å². The van der Waals surface area contributed by atoms with Gasteiger partial charge in [-0.25, -0.2) is 0 Å². The second-order valence-electron chi connectivity index (χ2n) is 6.53. The van der Waals surface area contributed by atoms with Crippen LogP contribution < -0.4 is 0 Å². The van der Waals surface area contributed by atoms with Crippen LogP contribution >= 0.6 is 0 Å². The first-order valence-electron chi connectivity index (χ1n) is 7.67. The molecule has 1 aliphatic heterocycles. The summed E-state index contributed by atoms with van der Waals surface area (Å²) in [5.41, 5.74) is 6.91. The molecule has 1 fully saturated rings. The molecule has 0 spiro atoms. The Morgan fingerprint density at radius 3 is 2.48 bits per heavy atom. The molecule has 1 aliphatic rings. The zero-order valence-corrected chi connectivity index (χ0v) is 14.1. The lowest BCUT2D eigenvalue weighted by Gasteiger charge is -2.23. The Hall–Kier alpha value is -1.35. The number of hydrogen-bond donors (Lipinski definition) is 0. The summed E-state index contributed by atoms with van der Waals surface area (Å²) >= 11 is 0. The average molecular weight is 289 g/mol. The van der Waals surface area contributed by atoms with E-state index in [2.05, 4.69) is 45.7 Å². The van der Waals surface area contributed by atoms with Gasteiger partial charge >= 0.3 is 5.97 Å². The predicted molar refractivity (Wildman–Crippen MR) is 85.8 cm³/mol. The highest BCUT2D eigenvalue weighted by molar-refractivity contribution is 5.69. The lowest BCUT2D eigenvalue weighted by molar-refractivity contribution is -0.141. The monoisotopic (exact) mass is 289 g/mol. The Kier molecular flexibility index (Phi) is 4.72. The minimum absolute atomic E-state index is 0.0986. The number of likely N-dealkylation sites (tertiary alicyclic amines) is 1. The van der Waals surface area contributed by atoms with Gasteiger partial charge in [0.05, 0.1) is 13.5 Å². The van der Waals surface area contributed by atoms with Gasteiger partial charge in [0.2, 0.25) is 0 Å². The molecule has 1 aromatic carbocycles. The molecule has 116 valence electrons. The number of nitrogens with zero attached hydrogens (tertiary/aromatic N) is 1. The highest BCUT2D eigenvalue weighted by atomic mass is 16.5. The number of esters is 1. The minimum Gasteiger partial charge on any atom is -0.469 e. The van der Waals surface area contributed by atoms with Crippen molar-refractivity contribution in [3.05, 3.63) is 33.9 Å². The number of aryl methyl sites for hydroxylation is 1. The zero-order chi connectivity index (χ0) is 15.7. The molecule has 0 saturated carbocycles. The molecule has 1 heterocycles. The molecular formula is C18H27NO2. The highest BCUT2D eigenvalue weighted by Crippen LogP contribution is 2.38. The van der Waals surface area contributed by atoms with Gasteiger partial charge < -0.3 is 9.64 Å². The topological polar surface area (TPSA) is 29.5 Å². The smallest absolute Gasteiger partial charge is 0.305 e. The molecule has 0 radical (unpaired) electrons. The van der Waals surface area contributed by atoms with Gasteiger partial charge in [0.15, 0.2) is 0 Å². The van der Waals surface area contributed by atoms with Crippen molar-refractivity contribution in [2.45, 2.75) is 40.0 Å². The van der Waals surface area contributed by atoms with E-state index in [9.17, 15) is 4.79 Å². The van der Waals surface area contributed by atoms with Crippen LogP contribution in [0.25, 0.3) is 0 Å². The van der Waals surface area contributed by atoms with Gasteiger partial charge in [-0.05, 0) is 68.5 Å². The van der Waals surface area contributed by atoms with Gasteiger partial charge in [0, 0.05) is 19.0 Å². The van der Waals surface area contributed by atoms with Gasteiger partial charge in [0.1, 0.15) is 0 Å². The number of benzene rings is 1. The van der Waals surface area contributed by atoms with E-state index in [1.807, 2.05) is 0 Å². The van der Waals surface area contributed by atoms with Crippen LogP contribution in [0.15, 0.2) is 6.07 Å². The quantitative estimate of drug-likeness (QED) is 0.801. The first-order valence-corrected chi connectivity index (χ1v) is 7.67. The summed E-state index contributed by atoms with van der Waals surface area (Å²) in [5.74, 6) is 0.674. The maximum atomic E-state index is 11.7. The molecule has 0 aliphatic carbocycles. The maximum absolute atomic E-state index is 11.7. The van der Waals surface area contributed by atoms with Gasteiger partial charge in [0.25, 0.3) is 0 Å². The van der Waals surface area contributed by atoms with Crippen LogP contribution in [0, 0.1) is 33.6 Å². The predicted octanol–water partition coefficient (Wildman–Crippen LogP) is 3.13. The summed E-state index contributed by atoms with van der Waals surface area (Å²) in [7, 11) is 3.61. The zero-order valence-electron chi connectivity index (χ0n) is 14.1. The maximum Gasteiger partial charge on any atom is 0.305 e. The molecule has 21 heavy (non-hydrogen) atoms. The molecular weight excluding hydrogens is 262 g/mol. The molecule has 3 heteroatoms. The summed E-state index contributed by atoms with van der Waals surface area (Å²) in [6, 6.07) is 2.33. The molecule has 2 rings (SSSR count). The van der Waals surface area contributed by atoms with Crippen molar-refractivity contribution >= 4 is 5.97 Å². The van der Waals surface area contributed by atoms with Crippen molar-refractivity contribution in [1.82, 2.24) is 4.90 Å². The number of methoxy groups -OCH3 is 1. The number of ether oxygens (including phenoxy) is 1. The number of carbonyl (C=O) groups excluding carboxylic acids is 1. The van der Waals surface area contributed by atoms with E-state index in [-0.39, 0.29) is 5.97 Å². The van der Waals surface area contributed by atoms with Crippen LogP contribution in [0.3, 0.4) is 0 Å². The van der Waals surface area contributed by atoms with Crippen LogP contribution in [0.2, 0.25) is 0 Å². The molecule has 1 saturated heterocycles. The van der Waals surface area contributed by atoms with Gasteiger partial charge in [-0.3, -0.25) is 4.79 Å². The lowest BCUT2D eigenvalue weighted by Crippen LogP contribution is -2.18. The minimum atomic E-state index is -0.0986. The van der Waals surface area contributed by atoms with Gasteiger partial charge in [-0.2, -0.15) is 0 Å². The number of carbonyl (C=O) groups is 1. The van der Waals surface area contributed by atoms with Crippen molar-refractivity contribution in [3.63, 3.8) is 0 Å². The molecule has 3 nitrogen and oxygen atoms in total. The van der Waals surface area contributed by atoms with Gasteiger partial charge in [-0.15, -0.1) is 0 Å². The summed E-state index contributed by atoms with van der Waals surface area (Å²) in [6.07, 6.45) is 0.511. The first-order chi connectivity index (χ1) is 9.85. The normalized spacial score (nSPS) is 22.6. The molecule has 2 atom stereocenters. The van der Waals surface area contributed by atoms with E-state index in [1.54, 1.807) is 0 Å². The second kappa shape index (κ2) is 6.18. The fourth-order valence-corrected chi connectivity index (χ4v) is 3.57. The summed E-state index contributed by atoms with van der Waals surface area (Å²) in [6.45, 7) is 10.8. The van der Waals surface area contributed by atoms with Crippen LogP contribution in [-0.4, -0.2) is 38.1 Å². The Morgan fingerprint density at radius 2 is 1.86 bits per heavy atom.